The number of ether oxygens (including phenoxy) is 3. The lowest BCUT2D eigenvalue weighted by atomic mass is 10.1. The molecule has 218 valence electrons. The van der Waals surface area contributed by atoms with E-state index in [0.717, 1.165) is 5.39 Å². The molecule has 0 fully saturated rings. The molecular formula is C33H22BrClN4O5. The van der Waals surface area contributed by atoms with Crippen LogP contribution in [0, 0.1) is 11.3 Å². The zero-order valence-electron chi connectivity index (χ0n) is 23.4. The number of furan rings is 1. The molecule has 4 aromatic carbocycles. The molecule has 6 aromatic rings. The van der Waals surface area contributed by atoms with E-state index >= 15 is 0 Å². The van der Waals surface area contributed by atoms with E-state index < -0.39 is 0 Å². The highest BCUT2D eigenvalue weighted by Crippen LogP contribution is 2.42. The third kappa shape index (κ3) is 5.28. The third-order valence-electron chi connectivity index (χ3n) is 6.91. The van der Waals surface area contributed by atoms with Crippen LogP contribution in [0.15, 0.2) is 97.6 Å². The van der Waals surface area contributed by atoms with Crippen molar-refractivity contribution < 1.29 is 18.6 Å². The average molecular weight is 670 g/mol. The minimum Gasteiger partial charge on any atom is -0.496 e. The zero-order valence-corrected chi connectivity index (χ0v) is 25.7. The van der Waals surface area contributed by atoms with Gasteiger partial charge in [0.05, 0.1) is 48.4 Å². The summed E-state index contributed by atoms with van der Waals surface area (Å²) in [6.07, 6.45) is 1.47. The van der Waals surface area contributed by atoms with E-state index in [1.165, 1.54) is 18.0 Å². The van der Waals surface area contributed by atoms with Crippen LogP contribution in [0.25, 0.3) is 33.5 Å². The maximum absolute atomic E-state index is 13.7. The fourth-order valence-corrected chi connectivity index (χ4v) is 5.38. The normalized spacial score (nSPS) is 11.2. The zero-order chi connectivity index (χ0) is 30.8. The molecule has 0 aliphatic heterocycles. The molecule has 11 heteroatoms. The van der Waals surface area contributed by atoms with E-state index in [9.17, 15) is 10.1 Å². The van der Waals surface area contributed by atoms with Crippen molar-refractivity contribution in [1.29, 1.82) is 5.26 Å². The van der Waals surface area contributed by atoms with Crippen molar-refractivity contribution in [3.63, 3.8) is 0 Å². The van der Waals surface area contributed by atoms with Gasteiger partial charge in [0, 0.05) is 15.6 Å². The van der Waals surface area contributed by atoms with Gasteiger partial charge >= 0.3 is 0 Å². The molecule has 0 unspecified atom stereocenters. The molecule has 0 aliphatic rings. The molecule has 0 saturated heterocycles. The highest BCUT2D eigenvalue weighted by atomic mass is 79.9. The Labute approximate surface area is 264 Å². The van der Waals surface area contributed by atoms with Crippen LogP contribution in [0.3, 0.4) is 0 Å². The van der Waals surface area contributed by atoms with Crippen LogP contribution in [0.5, 0.6) is 17.2 Å². The highest BCUT2D eigenvalue weighted by Gasteiger charge is 2.20. The maximum atomic E-state index is 13.7. The topological polar surface area (TPSA) is 112 Å². The summed E-state index contributed by atoms with van der Waals surface area (Å²) in [4.78, 5) is 18.5. The van der Waals surface area contributed by atoms with Crippen LogP contribution in [0.1, 0.15) is 16.7 Å². The molecule has 0 spiro atoms. The Morgan fingerprint density at radius 2 is 1.80 bits per heavy atom. The van der Waals surface area contributed by atoms with E-state index in [0.29, 0.717) is 54.9 Å². The van der Waals surface area contributed by atoms with Crippen molar-refractivity contribution in [2.24, 2.45) is 5.10 Å². The Hall–Kier alpha value is -5.11. The molecule has 2 heterocycles. The number of rotatable bonds is 8. The van der Waals surface area contributed by atoms with Crippen molar-refractivity contribution >= 4 is 55.6 Å². The van der Waals surface area contributed by atoms with Crippen molar-refractivity contribution in [3.8, 4) is 34.9 Å². The number of nitrogens with zero attached hydrogens (tertiary/aromatic N) is 4. The number of nitriles is 1. The molecule has 2 aromatic heterocycles. The number of para-hydroxylation sites is 1. The fourth-order valence-electron chi connectivity index (χ4n) is 4.72. The Balaban J connectivity index is 1.44. The molecule has 0 bridgehead atoms. The molecule has 9 nitrogen and oxygen atoms in total. The summed E-state index contributed by atoms with van der Waals surface area (Å²) in [6, 6.07) is 25.2. The van der Waals surface area contributed by atoms with Gasteiger partial charge in [-0.05, 0) is 58.4 Å². The SMILES string of the molecule is COc1cc(C=Nn2c(-c3cc4c(OC)cccc4o3)nc3ccccc3c2=O)c(Br)c(Cl)c1OCc1ccccc1C#N. The summed E-state index contributed by atoms with van der Waals surface area (Å²) in [7, 11) is 3.07. The van der Waals surface area contributed by atoms with Crippen LogP contribution in [-0.4, -0.2) is 30.1 Å². The first-order chi connectivity index (χ1) is 21.4. The van der Waals surface area contributed by atoms with Gasteiger partial charge < -0.3 is 18.6 Å². The van der Waals surface area contributed by atoms with Gasteiger partial charge in [0.25, 0.3) is 5.56 Å². The number of benzene rings is 4. The lowest BCUT2D eigenvalue weighted by molar-refractivity contribution is 0.284. The van der Waals surface area contributed by atoms with Gasteiger partial charge in [0.15, 0.2) is 17.3 Å². The van der Waals surface area contributed by atoms with Gasteiger partial charge in [-0.1, -0.05) is 48.0 Å². The summed E-state index contributed by atoms with van der Waals surface area (Å²) in [5, 5.41) is 15.3. The number of halogens is 2. The van der Waals surface area contributed by atoms with E-state index in [2.05, 4.69) is 27.1 Å². The van der Waals surface area contributed by atoms with E-state index in [4.69, 9.17) is 35.2 Å². The number of hydrogen-bond donors (Lipinski definition) is 0. The number of fused-ring (bicyclic) bond motifs is 2. The average Bonchev–Trinajstić information content (AvgIpc) is 3.50. The molecule has 0 saturated carbocycles. The van der Waals surface area contributed by atoms with Gasteiger partial charge in [-0.15, -0.1) is 0 Å². The van der Waals surface area contributed by atoms with Gasteiger partial charge in [0.1, 0.15) is 23.0 Å². The molecule has 6 rings (SSSR count). The van der Waals surface area contributed by atoms with Crippen molar-refractivity contribution in [2.45, 2.75) is 6.61 Å². The first kappa shape index (κ1) is 29.0. The summed E-state index contributed by atoms with van der Waals surface area (Å²) in [6.45, 7) is 0.101. The molecule has 0 aliphatic carbocycles. The first-order valence-electron chi connectivity index (χ1n) is 13.2. The smallest absolute Gasteiger partial charge is 0.282 e. The molecule has 0 radical (unpaired) electrons. The number of methoxy groups -OCH3 is 2. The van der Waals surface area contributed by atoms with E-state index in [1.807, 2.05) is 30.3 Å². The molecule has 0 N–H and O–H groups in total. The second-order valence-corrected chi connectivity index (χ2v) is 10.7. The van der Waals surface area contributed by atoms with Gasteiger partial charge in [-0.2, -0.15) is 15.0 Å². The lowest BCUT2D eigenvalue weighted by Crippen LogP contribution is -2.20. The van der Waals surface area contributed by atoms with E-state index in [1.54, 1.807) is 55.6 Å². The standard InChI is InChI=1S/C33H22BrClN4O5/c1-41-25-12-7-13-26-23(25)15-28(44-26)32-38-24-11-6-5-10-22(24)33(40)39(32)37-17-21-14-27(42-2)31(30(35)29(21)34)43-18-20-9-4-3-8-19(20)16-36/h3-15,17H,18H2,1-2H3. The van der Waals surface area contributed by atoms with Crippen molar-refractivity contribution in [3.05, 3.63) is 115 Å². The Kier molecular flexibility index (Phi) is 8.07. The summed E-state index contributed by atoms with van der Waals surface area (Å²) < 4.78 is 24.8. The summed E-state index contributed by atoms with van der Waals surface area (Å²) in [5.41, 5.74) is 2.39. The number of hydrogen-bond acceptors (Lipinski definition) is 8. The van der Waals surface area contributed by atoms with Gasteiger partial charge in [0.2, 0.25) is 5.82 Å². The fraction of sp³-hybridized carbons (Fsp3) is 0.0909. The summed E-state index contributed by atoms with van der Waals surface area (Å²) in [5.74, 6) is 1.78. The molecule has 0 atom stereocenters. The van der Waals surface area contributed by atoms with Crippen LogP contribution in [-0.2, 0) is 6.61 Å². The monoisotopic (exact) mass is 668 g/mol. The number of aromatic nitrogens is 2. The second kappa shape index (κ2) is 12.2. The van der Waals surface area contributed by atoms with Crippen molar-refractivity contribution in [2.75, 3.05) is 14.2 Å². The van der Waals surface area contributed by atoms with Crippen LogP contribution < -0.4 is 19.8 Å². The minimum absolute atomic E-state index is 0.101. The van der Waals surface area contributed by atoms with E-state index in [-0.39, 0.29) is 28.8 Å². The lowest BCUT2D eigenvalue weighted by Gasteiger charge is -2.15. The maximum Gasteiger partial charge on any atom is 0.282 e. The largest absolute Gasteiger partial charge is 0.496 e. The molecular weight excluding hydrogens is 648 g/mol. The predicted octanol–water partition coefficient (Wildman–Crippen LogP) is 7.58. The van der Waals surface area contributed by atoms with Crippen molar-refractivity contribution in [1.82, 2.24) is 9.66 Å². The molecule has 44 heavy (non-hydrogen) atoms. The first-order valence-corrected chi connectivity index (χ1v) is 14.4. The van der Waals surface area contributed by atoms with Crippen LogP contribution in [0.2, 0.25) is 5.02 Å². The summed E-state index contributed by atoms with van der Waals surface area (Å²) >= 11 is 10.3. The molecule has 0 amide bonds. The predicted molar refractivity (Wildman–Crippen MR) is 172 cm³/mol. The Morgan fingerprint density at radius 3 is 2.59 bits per heavy atom. The Bertz CT molecular complexity index is 2180. The minimum atomic E-state index is -0.389. The Morgan fingerprint density at radius 1 is 1.02 bits per heavy atom. The third-order valence-corrected chi connectivity index (χ3v) is 8.36. The highest BCUT2D eigenvalue weighted by molar-refractivity contribution is 9.10. The van der Waals surface area contributed by atoms with Gasteiger partial charge in [-0.3, -0.25) is 4.79 Å². The quantitative estimate of drug-likeness (QED) is 0.154. The van der Waals surface area contributed by atoms with Crippen LogP contribution in [0.4, 0.5) is 0 Å². The second-order valence-electron chi connectivity index (χ2n) is 9.48. The van der Waals surface area contributed by atoms with Crippen LogP contribution >= 0.6 is 27.5 Å². The van der Waals surface area contributed by atoms with Gasteiger partial charge in [-0.25, -0.2) is 4.98 Å².